The lowest BCUT2D eigenvalue weighted by atomic mass is 9.46. The number of nitro benzene ring substituents is 1. The molecule has 1 aromatic rings. The van der Waals surface area contributed by atoms with Gasteiger partial charge in [0.05, 0.1) is 10.5 Å². The fraction of sp³-hybridized carbons (Fsp3) is 0.200. The Labute approximate surface area is 164 Å². The van der Waals surface area contributed by atoms with Gasteiger partial charge in [-0.1, -0.05) is 68.5 Å². The minimum atomic E-state index is -0.284. The van der Waals surface area contributed by atoms with E-state index in [4.69, 9.17) is 0 Å². The molecule has 0 amide bonds. The summed E-state index contributed by atoms with van der Waals surface area (Å²) in [6.07, 6.45) is 19.6. The van der Waals surface area contributed by atoms with Gasteiger partial charge in [-0.3, -0.25) is 10.1 Å². The molecule has 5 rings (SSSR count). The third-order valence-electron chi connectivity index (χ3n) is 7.10. The molecular weight excluding hydrogens is 346 g/mol. The molecule has 0 spiro atoms. The second-order valence-corrected chi connectivity index (χ2v) is 8.23. The zero-order valence-corrected chi connectivity index (χ0v) is 16.2. The van der Waals surface area contributed by atoms with E-state index in [0.717, 1.165) is 11.1 Å². The van der Waals surface area contributed by atoms with Gasteiger partial charge in [-0.2, -0.15) is 0 Å². The Morgan fingerprint density at radius 1 is 0.857 bits per heavy atom. The van der Waals surface area contributed by atoms with Crippen molar-refractivity contribution in [2.75, 3.05) is 0 Å². The number of hydrogen-bond donors (Lipinski definition) is 0. The van der Waals surface area contributed by atoms with Crippen LogP contribution in [0.3, 0.4) is 0 Å². The highest BCUT2D eigenvalue weighted by molar-refractivity contribution is 5.87. The van der Waals surface area contributed by atoms with Gasteiger partial charge >= 0.3 is 0 Å². The number of rotatable bonds is 2. The van der Waals surface area contributed by atoms with Crippen LogP contribution in [0.1, 0.15) is 25.0 Å². The molecule has 1 aromatic carbocycles. The lowest BCUT2D eigenvalue weighted by molar-refractivity contribution is -0.385. The Balaban J connectivity index is 1.80. The summed E-state index contributed by atoms with van der Waals surface area (Å²) in [6.45, 7) is 6.55. The van der Waals surface area contributed by atoms with Crippen LogP contribution in [0.5, 0.6) is 0 Å². The number of allylic oxidation sites excluding steroid dienone is 14. The number of benzene rings is 1. The molecule has 0 heterocycles. The fourth-order valence-corrected chi connectivity index (χ4v) is 5.30. The SMILES string of the molecule is Cc1cccc([N+](=O)[O-])c1C1=CC2=CC=C3C=CC=C4C=CC(=C1)C2(C)C43C. The van der Waals surface area contributed by atoms with Gasteiger partial charge in [0.15, 0.2) is 0 Å². The van der Waals surface area contributed by atoms with Crippen molar-refractivity contribution in [1.29, 1.82) is 0 Å². The van der Waals surface area contributed by atoms with Crippen molar-refractivity contribution in [2.45, 2.75) is 20.8 Å². The maximum Gasteiger partial charge on any atom is 0.277 e. The van der Waals surface area contributed by atoms with Crippen LogP contribution in [0.15, 0.2) is 95.2 Å². The molecule has 2 atom stereocenters. The van der Waals surface area contributed by atoms with Gasteiger partial charge in [-0.15, -0.1) is 0 Å². The van der Waals surface area contributed by atoms with Crippen molar-refractivity contribution in [3.63, 3.8) is 0 Å². The molecule has 3 nitrogen and oxygen atoms in total. The predicted molar refractivity (Wildman–Crippen MR) is 113 cm³/mol. The normalized spacial score (nSPS) is 29.2. The first kappa shape index (κ1) is 16.9. The largest absolute Gasteiger partial charge is 0.277 e. The molecule has 0 bridgehead atoms. The second kappa shape index (κ2) is 5.41. The molecule has 138 valence electrons. The van der Waals surface area contributed by atoms with E-state index in [1.807, 2.05) is 13.0 Å². The molecule has 0 aromatic heterocycles. The summed E-state index contributed by atoms with van der Waals surface area (Å²) in [5.74, 6) is 0. The fourth-order valence-electron chi connectivity index (χ4n) is 5.30. The first-order chi connectivity index (χ1) is 13.4. The molecule has 0 fully saturated rings. The highest BCUT2D eigenvalue weighted by atomic mass is 16.6. The molecule has 0 aliphatic heterocycles. The smallest absolute Gasteiger partial charge is 0.258 e. The quantitative estimate of drug-likeness (QED) is 0.463. The zero-order valence-electron chi connectivity index (χ0n) is 16.2. The minimum absolute atomic E-state index is 0.133. The molecule has 0 saturated heterocycles. The van der Waals surface area contributed by atoms with Crippen LogP contribution in [0.25, 0.3) is 5.57 Å². The first-order valence-electron chi connectivity index (χ1n) is 9.55. The van der Waals surface area contributed by atoms with Gasteiger partial charge in [0.2, 0.25) is 0 Å². The second-order valence-electron chi connectivity index (χ2n) is 8.23. The molecular formula is C25H21NO2. The van der Waals surface area contributed by atoms with Gasteiger partial charge in [0, 0.05) is 16.9 Å². The van der Waals surface area contributed by atoms with Crippen LogP contribution < -0.4 is 0 Å². The molecule has 3 heteroatoms. The number of nitro groups is 1. The summed E-state index contributed by atoms with van der Waals surface area (Å²) in [5.41, 5.74) is 7.40. The van der Waals surface area contributed by atoms with Gasteiger partial charge in [-0.05, 0) is 52.5 Å². The Hall–Kier alpha value is -3.20. The molecule has 2 unspecified atom stereocenters. The molecule has 28 heavy (non-hydrogen) atoms. The monoisotopic (exact) mass is 367 g/mol. The molecule has 4 aliphatic carbocycles. The highest BCUT2D eigenvalue weighted by Crippen LogP contribution is 2.65. The van der Waals surface area contributed by atoms with Gasteiger partial charge in [0.25, 0.3) is 5.69 Å². The van der Waals surface area contributed by atoms with Crippen LogP contribution in [0.4, 0.5) is 5.69 Å². The lowest BCUT2D eigenvalue weighted by Gasteiger charge is -2.56. The average molecular weight is 367 g/mol. The van der Waals surface area contributed by atoms with E-state index < -0.39 is 0 Å². The van der Waals surface area contributed by atoms with Crippen LogP contribution in [0.2, 0.25) is 0 Å². The molecule has 0 radical (unpaired) electrons. The van der Waals surface area contributed by atoms with Crippen molar-refractivity contribution >= 4 is 11.3 Å². The Kier molecular flexibility index (Phi) is 3.28. The maximum atomic E-state index is 11.7. The summed E-state index contributed by atoms with van der Waals surface area (Å²) in [7, 11) is 0. The van der Waals surface area contributed by atoms with E-state index in [9.17, 15) is 10.1 Å². The number of nitrogens with zero attached hydrogens (tertiary/aromatic N) is 1. The summed E-state index contributed by atoms with van der Waals surface area (Å²) in [6, 6.07) is 5.28. The van der Waals surface area contributed by atoms with Gasteiger partial charge < -0.3 is 0 Å². The zero-order chi connectivity index (χ0) is 19.7. The summed E-state index contributed by atoms with van der Waals surface area (Å²) >= 11 is 0. The maximum absolute atomic E-state index is 11.7. The van der Waals surface area contributed by atoms with E-state index in [-0.39, 0.29) is 21.4 Å². The van der Waals surface area contributed by atoms with Crippen LogP contribution in [-0.2, 0) is 0 Å². The average Bonchev–Trinajstić information content (AvgIpc) is 2.66. The lowest BCUT2D eigenvalue weighted by Crippen LogP contribution is -2.47. The van der Waals surface area contributed by atoms with Gasteiger partial charge in [0.1, 0.15) is 0 Å². The minimum Gasteiger partial charge on any atom is -0.258 e. The van der Waals surface area contributed by atoms with Gasteiger partial charge in [-0.25, -0.2) is 0 Å². The summed E-state index contributed by atoms with van der Waals surface area (Å²) in [5, 5.41) is 11.7. The van der Waals surface area contributed by atoms with Crippen molar-refractivity contribution in [3.8, 4) is 0 Å². The highest BCUT2D eigenvalue weighted by Gasteiger charge is 2.55. The van der Waals surface area contributed by atoms with E-state index in [2.05, 4.69) is 68.5 Å². The summed E-state index contributed by atoms with van der Waals surface area (Å²) in [4.78, 5) is 11.4. The van der Waals surface area contributed by atoms with Crippen LogP contribution in [-0.4, -0.2) is 4.92 Å². The standard InChI is InChI=1S/C25H21NO2/c1-16-6-4-9-22(26(27)28)23(16)17-14-20-12-10-18-7-5-8-19-11-13-21(15-17)25(20,3)24(18,19)2/h4-15H,1-3H3. The van der Waals surface area contributed by atoms with Crippen LogP contribution in [0, 0.1) is 27.9 Å². The van der Waals surface area contributed by atoms with Crippen molar-refractivity contribution in [1.82, 2.24) is 0 Å². The Morgan fingerprint density at radius 2 is 1.54 bits per heavy atom. The molecule has 0 saturated carbocycles. The Bertz CT molecular complexity index is 1170. The molecule has 4 aliphatic rings. The number of aryl methyl sites for hydroxylation is 1. The van der Waals surface area contributed by atoms with E-state index in [1.54, 1.807) is 12.1 Å². The van der Waals surface area contributed by atoms with Crippen molar-refractivity contribution in [3.05, 3.63) is 116 Å². The van der Waals surface area contributed by atoms with E-state index >= 15 is 0 Å². The summed E-state index contributed by atoms with van der Waals surface area (Å²) < 4.78 is 0. The van der Waals surface area contributed by atoms with Crippen molar-refractivity contribution < 1.29 is 4.92 Å². The third kappa shape index (κ3) is 1.89. The number of hydrogen-bond acceptors (Lipinski definition) is 2. The Morgan fingerprint density at radius 3 is 2.32 bits per heavy atom. The topological polar surface area (TPSA) is 43.1 Å². The first-order valence-corrected chi connectivity index (χ1v) is 9.55. The van der Waals surface area contributed by atoms with E-state index in [1.165, 1.54) is 22.3 Å². The van der Waals surface area contributed by atoms with Crippen LogP contribution >= 0.6 is 0 Å². The third-order valence-corrected chi connectivity index (χ3v) is 7.10. The van der Waals surface area contributed by atoms with E-state index in [0.29, 0.717) is 5.56 Å². The predicted octanol–water partition coefficient (Wildman–Crippen LogP) is 6.17. The van der Waals surface area contributed by atoms with Crippen molar-refractivity contribution in [2.24, 2.45) is 10.8 Å². The molecule has 0 N–H and O–H groups in total.